The molecule has 1 fully saturated rings. The molecule has 2 heterocycles. The van der Waals surface area contributed by atoms with Gasteiger partial charge in [-0.15, -0.1) is 0 Å². The summed E-state index contributed by atoms with van der Waals surface area (Å²) >= 11 is 0. The number of hydrogen-bond donors (Lipinski definition) is 1. The van der Waals surface area contributed by atoms with E-state index in [-0.39, 0.29) is 0 Å². The van der Waals surface area contributed by atoms with Crippen LogP contribution in [0.1, 0.15) is 18.4 Å². The monoisotopic (exact) mass is 206 g/mol. The molecule has 0 bridgehead atoms. The Morgan fingerprint density at radius 3 is 3.27 bits per heavy atom. The number of nitrogens with zero attached hydrogens (tertiary/aromatic N) is 1. The smallest absolute Gasteiger partial charge is 0.0700 e. The molecule has 1 aliphatic rings. The van der Waals surface area contributed by atoms with Gasteiger partial charge in [-0.25, -0.2) is 0 Å². The quantitative estimate of drug-likeness (QED) is 0.739. The molecule has 1 unspecified atom stereocenters. The summed E-state index contributed by atoms with van der Waals surface area (Å²) in [6.45, 7) is 2.93. The maximum atomic E-state index is 5.53. The van der Waals surface area contributed by atoms with E-state index >= 15 is 0 Å². The summed E-state index contributed by atoms with van der Waals surface area (Å²) in [4.78, 5) is 4.09. The zero-order chi connectivity index (χ0) is 10.3. The molecule has 0 aromatic carbocycles. The standard InChI is InChI=1S/C12H18N2O/c1-3-11(9-13-6-1)5-7-14-10-12-4-2-8-15-12/h1,3,6,9,12,14H,2,4-5,7-8,10H2. The van der Waals surface area contributed by atoms with Crippen molar-refractivity contribution in [3.8, 4) is 0 Å². The van der Waals surface area contributed by atoms with Gasteiger partial charge in [-0.2, -0.15) is 0 Å². The predicted molar refractivity (Wildman–Crippen MR) is 59.8 cm³/mol. The van der Waals surface area contributed by atoms with Gasteiger partial charge < -0.3 is 10.1 Å². The number of aromatic nitrogens is 1. The van der Waals surface area contributed by atoms with Crippen molar-refractivity contribution in [2.75, 3.05) is 19.7 Å². The minimum atomic E-state index is 0.443. The third-order valence-corrected chi connectivity index (χ3v) is 2.71. The maximum absolute atomic E-state index is 5.53. The predicted octanol–water partition coefficient (Wildman–Crippen LogP) is 1.39. The van der Waals surface area contributed by atoms with Crippen LogP contribution in [0.15, 0.2) is 24.5 Å². The Balaban J connectivity index is 1.59. The number of pyridine rings is 1. The molecule has 0 radical (unpaired) electrons. The fourth-order valence-corrected chi connectivity index (χ4v) is 1.85. The third kappa shape index (κ3) is 3.61. The maximum Gasteiger partial charge on any atom is 0.0700 e. The zero-order valence-corrected chi connectivity index (χ0v) is 8.98. The Bertz CT molecular complexity index is 270. The largest absolute Gasteiger partial charge is 0.377 e. The second kappa shape index (κ2) is 5.83. The lowest BCUT2D eigenvalue weighted by Crippen LogP contribution is -2.27. The average Bonchev–Trinajstić information content (AvgIpc) is 2.79. The first kappa shape index (κ1) is 10.6. The van der Waals surface area contributed by atoms with E-state index in [0.717, 1.165) is 26.1 Å². The molecule has 1 aromatic rings. The van der Waals surface area contributed by atoms with Crippen LogP contribution in [0.3, 0.4) is 0 Å². The van der Waals surface area contributed by atoms with E-state index < -0.39 is 0 Å². The van der Waals surface area contributed by atoms with Gasteiger partial charge >= 0.3 is 0 Å². The minimum absolute atomic E-state index is 0.443. The van der Waals surface area contributed by atoms with E-state index in [0.29, 0.717) is 6.10 Å². The first-order valence-corrected chi connectivity index (χ1v) is 5.66. The van der Waals surface area contributed by atoms with Crippen molar-refractivity contribution in [1.29, 1.82) is 0 Å². The lowest BCUT2D eigenvalue weighted by Gasteiger charge is -2.10. The first-order chi connectivity index (χ1) is 7.45. The summed E-state index contributed by atoms with van der Waals surface area (Å²) in [5.74, 6) is 0. The van der Waals surface area contributed by atoms with Gasteiger partial charge in [-0.1, -0.05) is 6.07 Å². The summed E-state index contributed by atoms with van der Waals surface area (Å²) < 4.78 is 5.53. The van der Waals surface area contributed by atoms with Crippen molar-refractivity contribution in [3.63, 3.8) is 0 Å². The number of nitrogens with one attached hydrogen (secondary N) is 1. The second-order valence-electron chi connectivity index (χ2n) is 3.95. The van der Waals surface area contributed by atoms with Gasteiger partial charge in [-0.05, 0) is 37.4 Å². The fourth-order valence-electron chi connectivity index (χ4n) is 1.85. The summed E-state index contributed by atoms with van der Waals surface area (Å²) in [6, 6.07) is 4.09. The van der Waals surface area contributed by atoms with Crippen LogP contribution in [0.5, 0.6) is 0 Å². The molecule has 0 aliphatic carbocycles. The van der Waals surface area contributed by atoms with E-state index in [2.05, 4.69) is 16.4 Å². The highest BCUT2D eigenvalue weighted by atomic mass is 16.5. The molecule has 0 saturated carbocycles. The van der Waals surface area contributed by atoms with E-state index in [1.807, 2.05) is 18.5 Å². The Kier molecular flexibility index (Phi) is 4.11. The van der Waals surface area contributed by atoms with Crippen LogP contribution in [-0.4, -0.2) is 30.8 Å². The zero-order valence-electron chi connectivity index (χ0n) is 8.98. The number of ether oxygens (including phenoxy) is 1. The normalized spacial score (nSPS) is 20.7. The van der Waals surface area contributed by atoms with Crippen LogP contribution in [0.2, 0.25) is 0 Å². The van der Waals surface area contributed by atoms with E-state index in [4.69, 9.17) is 4.74 Å². The molecule has 15 heavy (non-hydrogen) atoms. The third-order valence-electron chi connectivity index (χ3n) is 2.71. The number of hydrogen-bond acceptors (Lipinski definition) is 3. The van der Waals surface area contributed by atoms with Crippen molar-refractivity contribution in [2.24, 2.45) is 0 Å². The van der Waals surface area contributed by atoms with Gasteiger partial charge in [0, 0.05) is 25.5 Å². The van der Waals surface area contributed by atoms with Crippen molar-refractivity contribution < 1.29 is 4.74 Å². The highest BCUT2D eigenvalue weighted by molar-refractivity contribution is 5.08. The van der Waals surface area contributed by atoms with Gasteiger partial charge in [0.2, 0.25) is 0 Å². The molecule has 1 N–H and O–H groups in total. The van der Waals surface area contributed by atoms with E-state index in [1.165, 1.54) is 18.4 Å². The molecule has 1 atom stereocenters. The average molecular weight is 206 g/mol. The summed E-state index contributed by atoms with van der Waals surface area (Å²) in [5.41, 5.74) is 1.29. The van der Waals surface area contributed by atoms with Crippen LogP contribution in [-0.2, 0) is 11.2 Å². The summed E-state index contributed by atoms with van der Waals surface area (Å²) in [7, 11) is 0. The molecule has 1 aromatic heterocycles. The van der Waals surface area contributed by atoms with E-state index in [1.54, 1.807) is 0 Å². The molecule has 0 spiro atoms. The molecule has 3 heteroatoms. The summed E-state index contributed by atoms with van der Waals surface area (Å²) in [5, 5.41) is 3.42. The molecular weight excluding hydrogens is 188 g/mol. The molecule has 0 amide bonds. The molecule has 1 saturated heterocycles. The van der Waals surface area contributed by atoms with Gasteiger partial charge in [0.1, 0.15) is 0 Å². The van der Waals surface area contributed by atoms with Gasteiger partial charge in [-0.3, -0.25) is 4.98 Å². The second-order valence-corrected chi connectivity index (χ2v) is 3.95. The lowest BCUT2D eigenvalue weighted by atomic mass is 10.2. The molecule has 2 rings (SSSR count). The Hall–Kier alpha value is -0.930. The van der Waals surface area contributed by atoms with Crippen LogP contribution in [0, 0.1) is 0 Å². The van der Waals surface area contributed by atoms with Crippen LogP contribution in [0.4, 0.5) is 0 Å². The first-order valence-electron chi connectivity index (χ1n) is 5.66. The molecule has 1 aliphatic heterocycles. The van der Waals surface area contributed by atoms with Crippen LogP contribution in [0.25, 0.3) is 0 Å². The highest BCUT2D eigenvalue weighted by Gasteiger charge is 2.13. The fraction of sp³-hybridized carbons (Fsp3) is 0.583. The Labute approximate surface area is 90.9 Å². The van der Waals surface area contributed by atoms with Crippen LogP contribution >= 0.6 is 0 Å². The molecule has 3 nitrogen and oxygen atoms in total. The Morgan fingerprint density at radius 1 is 1.53 bits per heavy atom. The molecule has 82 valence electrons. The van der Waals surface area contributed by atoms with Crippen LogP contribution < -0.4 is 5.32 Å². The SMILES string of the molecule is c1cncc(CCNCC2CCCO2)c1. The van der Waals surface area contributed by atoms with Gasteiger partial charge in [0.25, 0.3) is 0 Å². The Morgan fingerprint density at radius 2 is 2.53 bits per heavy atom. The van der Waals surface area contributed by atoms with Crippen molar-refractivity contribution >= 4 is 0 Å². The van der Waals surface area contributed by atoms with E-state index in [9.17, 15) is 0 Å². The van der Waals surface area contributed by atoms with Gasteiger partial charge in [0.15, 0.2) is 0 Å². The van der Waals surface area contributed by atoms with Crippen molar-refractivity contribution in [2.45, 2.75) is 25.4 Å². The van der Waals surface area contributed by atoms with Crippen molar-refractivity contribution in [3.05, 3.63) is 30.1 Å². The lowest BCUT2D eigenvalue weighted by molar-refractivity contribution is 0.110. The number of rotatable bonds is 5. The topological polar surface area (TPSA) is 34.2 Å². The van der Waals surface area contributed by atoms with Crippen molar-refractivity contribution in [1.82, 2.24) is 10.3 Å². The minimum Gasteiger partial charge on any atom is -0.377 e. The highest BCUT2D eigenvalue weighted by Crippen LogP contribution is 2.10. The van der Waals surface area contributed by atoms with Gasteiger partial charge in [0.05, 0.1) is 6.10 Å². The molecular formula is C12H18N2O. The summed E-state index contributed by atoms with van der Waals surface area (Å²) in [6.07, 6.45) is 7.64.